The van der Waals surface area contributed by atoms with Gasteiger partial charge in [0.1, 0.15) is 5.75 Å². The van der Waals surface area contributed by atoms with Crippen LogP contribution in [0.25, 0.3) is 0 Å². The number of ether oxygens (including phenoxy) is 3. The van der Waals surface area contributed by atoms with Crippen molar-refractivity contribution in [3.63, 3.8) is 0 Å². The first-order valence-corrected chi connectivity index (χ1v) is 10.4. The van der Waals surface area contributed by atoms with Gasteiger partial charge in [0.05, 0.1) is 14.2 Å². The number of carbonyl (C=O) groups is 1. The normalized spacial score (nSPS) is 12.8. The van der Waals surface area contributed by atoms with E-state index in [2.05, 4.69) is 19.6 Å². The molecule has 0 spiro atoms. The molecule has 5 heteroatoms. The second-order valence-electron chi connectivity index (χ2n) is 5.86. The molecule has 1 aromatic rings. The Morgan fingerprint density at radius 2 is 1.95 bits per heavy atom. The monoisotopic (exact) mass is 296 g/mol. The van der Waals surface area contributed by atoms with Gasteiger partial charge in [-0.15, -0.1) is 0 Å². The van der Waals surface area contributed by atoms with Gasteiger partial charge in [-0.05, 0) is 23.7 Å². The highest BCUT2D eigenvalue weighted by molar-refractivity contribution is 6.76. The summed E-state index contributed by atoms with van der Waals surface area (Å²) in [5, 5.41) is 0. The molecule has 0 aliphatic rings. The minimum absolute atomic E-state index is 0.381. The average Bonchev–Trinajstić information content (AvgIpc) is 2.41. The van der Waals surface area contributed by atoms with E-state index in [0.29, 0.717) is 12.4 Å². The summed E-state index contributed by atoms with van der Waals surface area (Å²) in [6, 6.07) is 8.32. The fourth-order valence-corrected chi connectivity index (χ4v) is 2.43. The smallest absolute Gasteiger partial charge is 0.339 e. The molecule has 0 aliphatic heterocycles. The van der Waals surface area contributed by atoms with Crippen LogP contribution in [0.2, 0.25) is 25.7 Å². The highest BCUT2D eigenvalue weighted by Crippen LogP contribution is 2.24. The molecule has 0 N–H and O–H groups in total. The second kappa shape index (κ2) is 7.45. The van der Waals surface area contributed by atoms with Crippen molar-refractivity contribution in [2.24, 2.45) is 0 Å². The molecule has 0 saturated carbocycles. The molecule has 0 aromatic heterocycles. The molecule has 0 amide bonds. The van der Waals surface area contributed by atoms with E-state index in [9.17, 15) is 4.79 Å². The third-order valence-electron chi connectivity index (χ3n) is 2.95. The fourth-order valence-electron chi connectivity index (χ4n) is 1.69. The van der Waals surface area contributed by atoms with Gasteiger partial charge < -0.3 is 14.2 Å². The maximum atomic E-state index is 11.9. The van der Waals surface area contributed by atoms with Crippen LogP contribution < -0.4 is 4.74 Å². The first kappa shape index (κ1) is 16.7. The Balaban J connectivity index is 2.81. The van der Waals surface area contributed by atoms with E-state index in [1.807, 2.05) is 18.2 Å². The van der Waals surface area contributed by atoms with E-state index >= 15 is 0 Å². The number of carbonyl (C=O) groups excluding carboxylic acids is 1. The van der Waals surface area contributed by atoms with E-state index in [4.69, 9.17) is 14.2 Å². The van der Waals surface area contributed by atoms with Crippen molar-refractivity contribution in [3.8, 4) is 5.75 Å². The lowest BCUT2D eigenvalue weighted by atomic mass is 10.1. The second-order valence-corrected chi connectivity index (χ2v) is 11.5. The van der Waals surface area contributed by atoms with Gasteiger partial charge in [0.15, 0.2) is 6.10 Å². The van der Waals surface area contributed by atoms with Crippen LogP contribution in [0.4, 0.5) is 0 Å². The van der Waals surface area contributed by atoms with Gasteiger partial charge in [-0.3, -0.25) is 0 Å². The minimum atomic E-state index is -1.19. The van der Waals surface area contributed by atoms with Crippen molar-refractivity contribution >= 4 is 14.0 Å². The van der Waals surface area contributed by atoms with Crippen molar-refractivity contribution < 1.29 is 19.0 Å². The van der Waals surface area contributed by atoms with Crippen LogP contribution in [0, 0.1) is 0 Å². The minimum Gasteiger partial charge on any atom is -0.497 e. The van der Waals surface area contributed by atoms with E-state index in [0.717, 1.165) is 11.6 Å². The Hall–Kier alpha value is -1.33. The fraction of sp³-hybridized carbons (Fsp3) is 0.533. The number of rotatable bonds is 7. The predicted molar refractivity (Wildman–Crippen MR) is 81.9 cm³/mol. The van der Waals surface area contributed by atoms with Crippen LogP contribution >= 0.6 is 0 Å². The van der Waals surface area contributed by atoms with Crippen LogP contribution in [0.5, 0.6) is 5.75 Å². The molecule has 1 atom stereocenters. The summed E-state index contributed by atoms with van der Waals surface area (Å²) >= 11 is 0. The van der Waals surface area contributed by atoms with Crippen LogP contribution in [0.3, 0.4) is 0 Å². The van der Waals surface area contributed by atoms with E-state index in [1.165, 1.54) is 7.11 Å². The standard InChI is InChI=1S/C15H24O4Si/c1-17-13-8-6-7-12(11-13)14(15(16)18-2)19-9-10-20(3,4)5/h6-8,11,14H,9-10H2,1-5H3/t14-/m0/s1. The van der Waals surface area contributed by atoms with Crippen LogP contribution in [-0.2, 0) is 14.3 Å². The lowest BCUT2D eigenvalue weighted by molar-refractivity contribution is -0.154. The lowest BCUT2D eigenvalue weighted by Crippen LogP contribution is -2.24. The van der Waals surface area contributed by atoms with Gasteiger partial charge in [-0.1, -0.05) is 31.8 Å². The van der Waals surface area contributed by atoms with Gasteiger partial charge in [-0.25, -0.2) is 4.79 Å². The zero-order valence-electron chi connectivity index (χ0n) is 12.9. The number of hydrogen-bond acceptors (Lipinski definition) is 4. The highest BCUT2D eigenvalue weighted by atomic mass is 28.3. The van der Waals surface area contributed by atoms with Gasteiger partial charge in [0.25, 0.3) is 0 Å². The third-order valence-corrected chi connectivity index (χ3v) is 4.65. The summed E-state index contributed by atoms with van der Waals surface area (Å²) < 4.78 is 15.8. The van der Waals surface area contributed by atoms with Gasteiger partial charge in [0.2, 0.25) is 0 Å². The molecule has 0 unspecified atom stereocenters. The topological polar surface area (TPSA) is 44.8 Å². The molecule has 0 radical (unpaired) electrons. The lowest BCUT2D eigenvalue weighted by Gasteiger charge is -2.20. The molecular formula is C15H24O4Si. The first-order chi connectivity index (χ1) is 9.37. The predicted octanol–water partition coefficient (Wildman–Crippen LogP) is 3.26. The molecular weight excluding hydrogens is 272 g/mol. The van der Waals surface area contributed by atoms with Crippen molar-refractivity contribution in [3.05, 3.63) is 29.8 Å². The Bertz CT molecular complexity index is 440. The molecule has 0 aliphatic carbocycles. The van der Waals surface area contributed by atoms with Crippen molar-refractivity contribution in [2.45, 2.75) is 31.8 Å². The zero-order chi connectivity index (χ0) is 15.2. The van der Waals surface area contributed by atoms with Crippen LogP contribution in [-0.4, -0.2) is 34.9 Å². The van der Waals surface area contributed by atoms with E-state index < -0.39 is 14.2 Å². The Kier molecular flexibility index (Phi) is 6.23. The number of methoxy groups -OCH3 is 2. The van der Waals surface area contributed by atoms with Crippen LogP contribution in [0.15, 0.2) is 24.3 Å². The zero-order valence-corrected chi connectivity index (χ0v) is 13.9. The largest absolute Gasteiger partial charge is 0.497 e. The van der Waals surface area contributed by atoms with E-state index in [1.54, 1.807) is 13.2 Å². The molecule has 0 heterocycles. The number of benzene rings is 1. The van der Waals surface area contributed by atoms with Crippen molar-refractivity contribution in [1.82, 2.24) is 0 Å². The summed E-state index contributed by atoms with van der Waals surface area (Å²) in [6.45, 7) is 7.38. The Morgan fingerprint density at radius 1 is 1.25 bits per heavy atom. The number of esters is 1. The average molecular weight is 296 g/mol. The molecule has 0 fully saturated rings. The maximum Gasteiger partial charge on any atom is 0.339 e. The first-order valence-electron chi connectivity index (χ1n) is 6.71. The molecule has 0 bridgehead atoms. The molecule has 1 rings (SSSR count). The SMILES string of the molecule is COC(=O)[C@@H](OCC[Si](C)(C)C)c1cccc(OC)c1. The third kappa shape index (κ3) is 5.34. The van der Waals surface area contributed by atoms with Gasteiger partial charge in [0, 0.05) is 14.7 Å². The van der Waals surface area contributed by atoms with E-state index in [-0.39, 0.29) is 5.97 Å². The quantitative estimate of drug-likeness (QED) is 0.572. The summed E-state index contributed by atoms with van der Waals surface area (Å²) in [6.07, 6.45) is -0.688. The summed E-state index contributed by atoms with van der Waals surface area (Å²) in [4.78, 5) is 11.9. The van der Waals surface area contributed by atoms with Gasteiger partial charge >= 0.3 is 5.97 Å². The number of hydrogen-bond donors (Lipinski definition) is 0. The molecule has 112 valence electrons. The molecule has 0 saturated heterocycles. The summed E-state index contributed by atoms with van der Waals surface area (Å²) in [5.74, 6) is 0.319. The maximum absolute atomic E-state index is 11.9. The molecule has 20 heavy (non-hydrogen) atoms. The highest BCUT2D eigenvalue weighted by Gasteiger charge is 2.24. The summed E-state index contributed by atoms with van der Waals surface area (Å²) in [7, 11) is 1.78. The molecule has 4 nitrogen and oxygen atoms in total. The summed E-state index contributed by atoms with van der Waals surface area (Å²) in [5.41, 5.74) is 0.756. The van der Waals surface area contributed by atoms with Crippen molar-refractivity contribution in [1.29, 1.82) is 0 Å². The Labute approximate surface area is 122 Å². The Morgan fingerprint density at radius 3 is 2.50 bits per heavy atom. The molecule has 1 aromatic carbocycles. The van der Waals surface area contributed by atoms with Crippen molar-refractivity contribution in [2.75, 3.05) is 20.8 Å². The van der Waals surface area contributed by atoms with Gasteiger partial charge in [-0.2, -0.15) is 0 Å². The van der Waals surface area contributed by atoms with Crippen LogP contribution in [0.1, 0.15) is 11.7 Å².